The molecule has 0 N–H and O–H groups in total. The maximum atomic E-state index is 12.2. The number of allylic oxidation sites excluding steroid dienone is 1. The van der Waals surface area contributed by atoms with Crippen LogP contribution in [0.3, 0.4) is 0 Å². The smallest absolute Gasteiger partial charge is 0.187 e. The van der Waals surface area contributed by atoms with Crippen LogP contribution in [0.4, 0.5) is 0 Å². The maximum absolute atomic E-state index is 12.2. The van der Waals surface area contributed by atoms with E-state index in [1.54, 1.807) is 24.3 Å². The predicted octanol–water partition coefficient (Wildman–Crippen LogP) is 3.78. The van der Waals surface area contributed by atoms with Crippen molar-refractivity contribution in [2.24, 2.45) is 0 Å². The second-order valence-electron chi connectivity index (χ2n) is 5.35. The van der Waals surface area contributed by atoms with Crippen molar-refractivity contribution >= 4 is 11.4 Å². The Balaban J connectivity index is 1.99. The average molecular weight is 284 g/mol. The first-order valence-electron chi connectivity index (χ1n) is 7.13. The van der Waals surface area contributed by atoms with Gasteiger partial charge in [-0.2, -0.15) is 0 Å². The third-order valence-electron chi connectivity index (χ3n) is 4.01. The molecule has 0 radical (unpaired) electrons. The van der Waals surface area contributed by atoms with Gasteiger partial charge in [0.15, 0.2) is 11.2 Å². The van der Waals surface area contributed by atoms with Gasteiger partial charge in [0.25, 0.3) is 0 Å². The first kappa shape index (κ1) is 12.7. The second-order valence-corrected chi connectivity index (χ2v) is 5.35. The number of carbonyl (C=O) groups excluding carboxylic acids is 1. The Morgan fingerprint density at radius 2 is 1.41 bits per heavy atom. The van der Waals surface area contributed by atoms with E-state index >= 15 is 0 Å². The van der Waals surface area contributed by atoms with Gasteiger partial charge in [0.05, 0.1) is 0 Å². The van der Waals surface area contributed by atoms with Gasteiger partial charge in [-0.25, -0.2) is 0 Å². The lowest BCUT2D eigenvalue weighted by atomic mass is 9.98. The highest BCUT2D eigenvalue weighted by Gasteiger charge is 2.24. The predicted molar refractivity (Wildman–Crippen MR) is 87.2 cm³/mol. The summed E-state index contributed by atoms with van der Waals surface area (Å²) >= 11 is 0. The fraction of sp³-hybridized carbons (Fsp3) is 0. The number of rotatable bonds is 1. The van der Waals surface area contributed by atoms with Crippen molar-refractivity contribution in [3.8, 4) is 11.1 Å². The molecule has 104 valence electrons. The molecular weight excluding hydrogens is 272 g/mol. The van der Waals surface area contributed by atoms with Gasteiger partial charge < -0.3 is 0 Å². The molecular formula is C20H12O2. The zero-order chi connectivity index (χ0) is 15.1. The van der Waals surface area contributed by atoms with Crippen LogP contribution in [-0.2, 0) is 0 Å². The zero-order valence-electron chi connectivity index (χ0n) is 11.7. The average Bonchev–Trinajstić information content (AvgIpc) is 2.83. The van der Waals surface area contributed by atoms with Crippen molar-refractivity contribution in [2.75, 3.05) is 0 Å². The van der Waals surface area contributed by atoms with Gasteiger partial charge >= 0.3 is 0 Å². The molecule has 0 saturated carbocycles. The summed E-state index contributed by atoms with van der Waals surface area (Å²) in [5, 5.41) is 0. The van der Waals surface area contributed by atoms with Crippen molar-refractivity contribution < 1.29 is 4.79 Å². The molecule has 3 aliphatic rings. The van der Waals surface area contributed by atoms with Crippen molar-refractivity contribution in [3.05, 3.63) is 99.7 Å². The van der Waals surface area contributed by atoms with E-state index < -0.39 is 0 Å². The molecule has 3 aliphatic carbocycles. The van der Waals surface area contributed by atoms with Crippen LogP contribution in [0.1, 0.15) is 21.5 Å². The molecule has 0 amide bonds. The first-order valence-corrected chi connectivity index (χ1v) is 7.13. The Labute approximate surface area is 127 Å². The van der Waals surface area contributed by atoms with Gasteiger partial charge in [0, 0.05) is 5.56 Å². The molecule has 22 heavy (non-hydrogen) atoms. The van der Waals surface area contributed by atoms with Gasteiger partial charge in [-0.3, -0.25) is 9.59 Å². The van der Waals surface area contributed by atoms with Crippen LogP contribution in [0.2, 0.25) is 0 Å². The summed E-state index contributed by atoms with van der Waals surface area (Å²) < 4.78 is 0. The summed E-state index contributed by atoms with van der Waals surface area (Å²) in [5.74, 6) is -0.0461. The molecule has 2 heteroatoms. The highest BCUT2D eigenvalue weighted by molar-refractivity contribution is 6.19. The van der Waals surface area contributed by atoms with Crippen LogP contribution >= 0.6 is 0 Å². The molecule has 0 atom stereocenters. The highest BCUT2D eigenvalue weighted by Crippen LogP contribution is 2.38. The van der Waals surface area contributed by atoms with Crippen molar-refractivity contribution in [2.45, 2.75) is 0 Å². The van der Waals surface area contributed by atoms with Crippen molar-refractivity contribution in [1.82, 2.24) is 0 Å². The van der Waals surface area contributed by atoms with Crippen LogP contribution in [0.25, 0.3) is 16.7 Å². The van der Waals surface area contributed by atoms with Crippen molar-refractivity contribution in [1.29, 1.82) is 0 Å². The summed E-state index contributed by atoms with van der Waals surface area (Å²) in [6, 6.07) is 20.5. The lowest BCUT2D eigenvalue weighted by molar-refractivity contribution is 0.105. The van der Waals surface area contributed by atoms with E-state index in [2.05, 4.69) is 0 Å². The SMILES string of the molecule is O=C1C=C(c2ccc3cccccc2-3)c2cc(=O)cccc21. The Kier molecular flexibility index (Phi) is 2.76. The topological polar surface area (TPSA) is 34.1 Å². The van der Waals surface area contributed by atoms with E-state index in [9.17, 15) is 9.59 Å². The fourth-order valence-corrected chi connectivity index (χ4v) is 2.99. The lowest BCUT2D eigenvalue weighted by Crippen LogP contribution is -1.94. The molecule has 0 unspecified atom stereocenters. The monoisotopic (exact) mass is 284 g/mol. The molecule has 0 fully saturated rings. The highest BCUT2D eigenvalue weighted by atomic mass is 16.1. The molecule has 2 nitrogen and oxygen atoms in total. The second kappa shape index (κ2) is 4.78. The Hall–Kier alpha value is -3.00. The zero-order valence-corrected chi connectivity index (χ0v) is 11.7. The molecule has 0 heterocycles. The normalized spacial score (nSPS) is 13.1. The number of hydrogen-bond acceptors (Lipinski definition) is 2. The largest absolute Gasteiger partial charge is 0.290 e. The molecule has 1 aromatic carbocycles. The summed E-state index contributed by atoms with van der Waals surface area (Å²) in [5.41, 5.74) is 5.23. The van der Waals surface area contributed by atoms with Gasteiger partial charge in [-0.15, -0.1) is 0 Å². The molecule has 4 rings (SSSR count). The van der Waals surface area contributed by atoms with E-state index in [1.807, 2.05) is 42.5 Å². The van der Waals surface area contributed by atoms with E-state index in [-0.39, 0.29) is 11.2 Å². The summed E-state index contributed by atoms with van der Waals surface area (Å²) in [6.45, 7) is 0. The van der Waals surface area contributed by atoms with Gasteiger partial charge in [0.2, 0.25) is 0 Å². The lowest BCUT2D eigenvalue weighted by Gasteiger charge is -2.04. The minimum atomic E-state index is -0.0942. The summed E-state index contributed by atoms with van der Waals surface area (Å²) in [4.78, 5) is 24.1. The molecule has 0 aromatic heterocycles. The van der Waals surface area contributed by atoms with Crippen LogP contribution in [0, 0.1) is 0 Å². The van der Waals surface area contributed by atoms with E-state index in [0.717, 1.165) is 27.8 Å². The number of fused-ring (bicyclic) bond motifs is 2. The van der Waals surface area contributed by atoms with Gasteiger partial charge in [-0.05, 0) is 46.0 Å². The van der Waals surface area contributed by atoms with Crippen molar-refractivity contribution in [3.63, 3.8) is 0 Å². The van der Waals surface area contributed by atoms with E-state index in [4.69, 9.17) is 0 Å². The van der Waals surface area contributed by atoms with E-state index in [0.29, 0.717) is 5.56 Å². The minimum Gasteiger partial charge on any atom is -0.290 e. The van der Waals surface area contributed by atoms with Crippen LogP contribution in [0.15, 0.2) is 77.6 Å². The Bertz CT molecular complexity index is 967. The molecule has 0 aliphatic heterocycles. The van der Waals surface area contributed by atoms with Gasteiger partial charge in [0.1, 0.15) is 0 Å². The standard InChI is InChI=1S/C20H12O2/c21-14-6-4-8-17-18(11-14)19(12-20(17)22)16-10-9-13-5-2-1-3-7-15(13)16/h1-12H. The summed E-state index contributed by atoms with van der Waals surface area (Å²) in [6.07, 6.45) is 1.63. The fourth-order valence-electron chi connectivity index (χ4n) is 2.99. The third-order valence-corrected chi connectivity index (χ3v) is 4.01. The molecule has 1 aromatic rings. The molecule has 0 bridgehead atoms. The van der Waals surface area contributed by atoms with Crippen LogP contribution < -0.4 is 5.43 Å². The Morgan fingerprint density at radius 3 is 2.32 bits per heavy atom. The number of ketones is 1. The number of carbonyl (C=O) groups is 1. The van der Waals surface area contributed by atoms with Gasteiger partial charge in [-0.1, -0.05) is 54.6 Å². The Morgan fingerprint density at radius 1 is 0.591 bits per heavy atom. The minimum absolute atomic E-state index is 0.0461. The number of hydrogen-bond donors (Lipinski definition) is 0. The van der Waals surface area contributed by atoms with Crippen LogP contribution in [-0.4, -0.2) is 5.78 Å². The molecule has 0 spiro atoms. The summed E-state index contributed by atoms with van der Waals surface area (Å²) in [7, 11) is 0. The maximum Gasteiger partial charge on any atom is 0.187 e. The first-order chi connectivity index (χ1) is 10.7. The quantitative estimate of drug-likeness (QED) is 0.681. The molecule has 0 saturated heterocycles. The van der Waals surface area contributed by atoms with E-state index in [1.165, 1.54) is 6.07 Å². The third kappa shape index (κ3) is 1.89. The van der Waals surface area contributed by atoms with Crippen LogP contribution in [0.5, 0.6) is 0 Å².